The standard InChI is InChI=1S/C10H28N3O9.C2HF3O2/c14-1-11(2-15,3-16)10(12(4-17,5-18)6-19)13(7-20,8-21)9-22;3-2(4,5)1(6)7/h10,14-22H,1-9H2;(H,6,7)/q+3;. The summed E-state index contributed by atoms with van der Waals surface area (Å²) in [7, 11) is 0. The lowest BCUT2D eigenvalue weighted by Gasteiger charge is -2.52. The number of halogens is 3. The molecule has 10 N–H and O–H groups in total. The van der Waals surface area contributed by atoms with E-state index in [1.807, 2.05) is 0 Å². The van der Waals surface area contributed by atoms with Crippen molar-refractivity contribution < 1.29 is 82.5 Å². The van der Waals surface area contributed by atoms with Crippen LogP contribution in [0.15, 0.2) is 0 Å². The topological polar surface area (TPSA) is 219 Å². The molecular formula is C12H29F3N3O11+3. The van der Waals surface area contributed by atoms with E-state index in [0.717, 1.165) is 0 Å². The number of rotatable bonds is 12. The van der Waals surface area contributed by atoms with Gasteiger partial charge in [0.05, 0.1) is 0 Å². The second-order valence-corrected chi connectivity index (χ2v) is 6.08. The zero-order valence-corrected chi connectivity index (χ0v) is 15.3. The van der Waals surface area contributed by atoms with Crippen molar-refractivity contribution in [3.8, 4) is 0 Å². The fourth-order valence-electron chi connectivity index (χ4n) is 2.62. The van der Waals surface area contributed by atoms with Crippen LogP contribution in [-0.4, -0.2) is 144 Å². The minimum absolute atomic E-state index is 0.919. The highest BCUT2D eigenvalue weighted by molar-refractivity contribution is 5.73. The summed E-state index contributed by atoms with van der Waals surface area (Å²) < 4.78 is 28.6. The van der Waals surface area contributed by atoms with Crippen LogP contribution in [0.25, 0.3) is 0 Å². The maximum Gasteiger partial charge on any atom is 0.490 e. The third-order valence-corrected chi connectivity index (χ3v) is 4.25. The minimum atomic E-state index is -5.08. The molecule has 0 unspecified atom stereocenters. The van der Waals surface area contributed by atoms with Crippen molar-refractivity contribution in [3.05, 3.63) is 0 Å². The zero-order chi connectivity index (χ0) is 23.5. The molecule has 0 saturated carbocycles. The maximum atomic E-state index is 10.6. The minimum Gasteiger partial charge on any atom is -0.475 e. The van der Waals surface area contributed by atoms with Crippen molar-refractivity contribution in [3.63, 3.8) is 0 Å². The van der Waals surface area contributed by atoms with Crippen LogP contribution >= 0.6 is 0 Å². The number of hydrogen-bond acceptors (Lipinski definition) is 10. The summed E-state index contributed by atoms with van der Waals surface area (Å²) in [6.07, 6.45) is -6.67. The molecule has 29 heavy (non-hydrogen) atoms. The van der Waals surface area contributed by atoms with Gasteiger partial charge in [0.2, 0.25) is 0 Å². The summed E-state index contributed by atoms with van der Waals surface area (Å²) in [5.74, 6) is -2.76. The first-order valence-corrected chi connectivity index (χ1v) is 7.71. The number of aliphatic carboxylic acids is 1. The molecule has 0 aliphatic heterocycles. The van der Waals surface area contributed by atoms with Crippen molar-refractivity contribution in [2.24, 2.45) is 0 Å². The molecule has 0 radical (unpaired) electrons. The average molecular weight is 448 g/mol. The van der Waals surface area contributed by atoms with Crippen LogP contribution in [0.1, 0.15) is 0 Å². The molecule has 0 bridgehead atoms. The molecule has 0 amide bonds. The number of carbonyl (C=O) groups is 1. The molecule has 0 aromatic heterocycles. The van der Waals surface area contributed by atoms with Gasteiger partial charge in [0, 0.05) is 0 Å². The van der Waals surface area contributed by atoms with Crippen molar-refractivity contribution >= 4 is 5.97 Å². The number of aliphatic hydroxyl groups excluding tert-OH is 9. The van der Waals surface area contributed by atoms with Gasteiger partial charge in [-0.15, -0.1) is 0 Å². The molecule has 14 nitrogen and oxygen atoms in total. The highest BCUT2D eigenvalue weighted by atomic mass is 19.4. The average Bonchev–Trinajstić information content (AvgIpc) is 2.72. The number of nitrogens with zero attached hydrogens (tertiary/aromatic N) is 3. The van der Waals surface area contributed by atoms with Crippen molar-refractivity contribution in [2.75, 3.05) is 60.6 Å². The predicted molar refractivity (Wildman–Crippen MR) is 82.0 cm³/mol. The number of carboxylic acids is 1. The Morgan fingerprint density at radius 3 is 0.793 bits per heavy atom. The first-order chi connectivity index (χ1) is 13.4. The highest BCUT2D eigenvalue weighted by Crippen LogP contribution is 2.30. The van der Waals surface area contributed by atoms with Crippen molar-refractivity contribution in [1.82, 2.24) is 0 Å². The normalized spacial score (nSPS) is 13.3. The summed E-state index contributed by atoms with van der Waals surface area (Å²) in [6, 6.07) is 0. The summed E-state index contributed by atoms with van der Waals surface area (Å²) in [5, 5.41) is 93.4. The van der Waals surface area contributed by atoms with E-state index in [9.17, 15) is 59.1 Å². The van der Waals surface area contributed by atoms with Crippen LogP contribution < -0.4 is 0 Å². The van der Waals surface area contributed by atoms with Gasteiger partial charge < -0.3 is 51.1 Å². The molecule has 0 aromatic carbocycles. The lowest BCUT2D eigenvalue weighted by molar-refractivity contribution is -1.31. The summed E-state index contributed by atoms with van der Waals surface area (Å²) in [4.78, 5) is 8.90. The van der Waals surface area contributed by atoms with E-state index in [4.69, 9.17) is 9.90 Å². The Balaban J connectivity index is 0. The van der Waals surface area contributed by atoms with Gasteiger partial charge in [-0.3, -0.25) is 0 Å². The number of alkyl halides is 3. The van der Waals surface area contributed by atoms with E-state index in [0.29, 0.717) is 0 Å². The number of aliphatic hydroxyl groups is 9. The Labute approximate surface area is 162 Å². The Hall–Kier alpha value is -1.22. The summed E-state index contributed by atoms with van der Waals surface area (Å²) >= 11 is 0. The summed E-state index contributed by atoms with van der Waals surface area (Å²) in [5.41, 5.74) is 0. The Bertz CT molecular complexity index is 399. The molecule has 0 saturated heterocycles. The van der Waals surface area contributed by atoms with Gasteiger partial charge in [-0.05, 0) is 0 Å². The first kappa shape index (κ1) is 30.0. The van der Waals surface area contributed by atoms with Gasteiger partial charge in [-0.25, -0.2) is 4.79 Å². The third kappa shape index (κ3) is 6.64. The van der Waals surface area contributed by atoms with Gasteiger partial charge in [0.25, 0.3) is 0 Å². The highest BCUT2D eigenvalue weighted by Gasteiger charge is 2.63. The van der Waals surface area contributed by atoms with Gasteiger partial charge in [0.1, 0.15) is 0 Å². The Kier molecular flexibility index (Phi) is 12.9. The molecule has 0 spiro atoms. The van der Waals surface area contributed by atoms with E-state index in [2.05, 4.69) is 0 Å². The second-order valence-electron chi connectivity index (χ2n) is 6.08. The van der Waals surface area contributed by atoms with Crippen molar-refractivity contribution in [1.29, 1.82) is 0 Å². The number of quaternary nitrogens is 3. The molecule has 0 aliphatic rings. The molecule has 0 heterocycles. The third-order valence-electron chi connectivity index (χ3n) is 4.25. The van der Waals surface area contributed by atoms with E-state index < -0.39 is 92.5 Å². The SMILES string of the molecule is O=C(O)C(F)(F)F.OC[N+](CO)(CO)C([N+](CO)(CO)CO)[N+](CO)(CO)CO. The smallest absolute Gasteiger partial charge is 0.475 e. The van der Waals surface area contributed by atoms with Crippen LogP contribution in [0.5, 0.6) is 0 Å². The largest absolute Gasteiger partial charge is 0.490 e. The molecule has 0 fully saturated rings. The van der Waals surface area contributed by atoms with E-state index >= 15 is 0 Å². The van der Waals surface area contributed by atoms with Crippen LogP contribution in [0.4, 0.5) is 13.2 Å². The van der Waals surface area contributed by atoms with E-state index in [1.54, 1.807) is 0 Å². The molecule has 0 aliphatic carbocycles. The zero-order valence-electron chi connectivity index (χ0n) is 15.3. The predicted octanol–water partition coefficient (Wildman–Crippen LogP) is -5.10. The molecule has 0 rings (SSSR count). The molecule has 17 heteroatoms. The van der Waals surface area contributed by atoms with Gasteiger partial charge in [0.15, 0.2) is 60.6 Å². The molecule has 0 aromatic rings. The van der Waals surface area contributed by atoms with Crippen LogP contribution in [0.2, 0.25) is 0 Å². The number of carboxylic acid groups (broad SMARTS) is 1. The molecule has 0 atom stereocenters. The van der Waals surface area contributed by atoms with E-state index in [1.165, 1.54) is 0 Å². The van der Waals surface area contributed by atoms with E-state index in [-0.39, 0.29) is 0 Å². The Morgan fingerprint density at radius 2 is 0.724 bits per heavy atom. The van der Waals surface area contributed by atoms with Crippen LogP contribution in [-0.2, 0) is 4.79 Å². The van der Waals surface area contributed by atoms with Gasteiger partial charge in [-0.2, -0.15) is 26.6 Å². The fraction of sp³-hybridized carbons (Fsp3) is 0.917. The maximum absolute atomic E-state index is 10.6. The summed E-state index contributed by atoms with van der Waals surface area (Å²) in [6.45, 7) is -8.27. The lowest BCUT2D eigenvalue weighted by atomic mass is 10.3. The van der Waals surface area contributed by atoms with Crippen LogP contribution in [0.3, 0.4) is 0 Å². The van der Waals surface area contributed by atoms with Gasteiger partial charge in [-0.1, -0.05) is 0 Å². The van der Waals surface area contributed by atoms with Gasteiger partial charge >= 0.3 is 18.4 Å². The van der Waals surface area contributed by atoms with Crippen molar-refractivity contribution in [2.45, 2.75) is 12.5 Å². The monoisotopic (exact) mass is 448 g/mol. The fourth-order valence-corrected chi connectivity index (χ4v) is 2.62. The lowest BCUT2D eigenvalue weighted by Crippen LogP contribution is -2.83. The first-order valence-electron chi connectivity index (χ1n) is 7.71. The van der Waals surface area contributed by atoms with Crippen LogP contribution in [0, 0.1) is 0 Å². The quantitative estimate of drug-likeness (QED) is 0.101. The number of hydrogen-bond donors (Lipinski definition) is 10. The molecule has 176 valence electrons. The Morgan fingerprint density at radius 1 is 0.586 bits per heavy atom. The second kappa shape index (κ2) is 12.5. The molecular weight excluding hydrogens is 419 g/mol.